The van der Waals surface area contributed by atoms with Crippen LogP contribution in [0.25, 0.3) is 0 Å². The molecule has 2 nitrogen and oxygen atoms in total. The Bertz CT molecular complexity index is 673. The highest BCUT2D eigenvalue weighted by Gasteiger charge is 2.26. The van der Waals surface area contributed by atoms with Crippen LogP contribution in [-0.4, -0.2) is 10.1 Å². The van der Waals surface area contributed by atoms with Crippen LogP contribution in [0.15, 0.2) is 18.2 Å². The number of aromatic hydroxyl groups is 1. The Morgan fingerprint density at radius 1 is 0.870 bits per heavy atom. The molecule has 0 aliphatic rings. The standard InChI is InChI=1S/C21H31NO/c1-13-9-16(14(2)22-13)10-15-11-17(20(3,4)5)19(23)18(12-15)21(6,7)8/h9,11-12,22-23H,10H2,1-8H3. The number of rotatable bonds is 2. The minimum atomic E-state index is -0.0802. The molecule has 0 bridgehead atoms. The summed E-state index contributed by atoms with van der Waals surface area (Å²) in [5.74, 6) is 0.454. The summed E-state index contributed by atoms with van der Waals surface area (Å²) in [6, 6.07) is 6.56. The fraction of sp³-hybridized carbons (Fsp3) is 0.524. The molecular weight excluding hydrogens is 282 g/mol. The highest BCUT2D eigenvalue weighted by molar-refractivity contribution is 5.51. The highest BCUT2D eigenvalue weighted by atomic mass is 16.3. The van der Waals surface area contributed by atoms with Crippen molar-refractivity contribution < 1.29 is 5.11 Å². The van der Waals surface area contributed by atoms with Gasteiger partial charge in [0.25, 0.3) is 0 Å². The summed E-state index contributed by atoms with van der Waals surface area (Å²) >= 11 is 0. The molecule has 0 spiro atoms. The van der Waals surface area contributed by atoms with Crippen LogP contribution >= 0.6 is 0 Å². The van der Waals surface area contributed by atoms with Gasteiger partial charge in [0.2, 0.25) is 0 Å². The predicted molar refractivity (Wildman–Crippen MR) is 98.6 cm³/mol. The van der Waals surface area contributed by atoms with Crippen molar-refractivity contribution in [3.63, 3.8) is 0 Å². The van der Waals surface area contributed by atoms with Gasteiger partial charge in [-0.2, -0.15) is 0 Å². The first-order valence-corrected chi connectivity index (χ1v) is 8.41. The number of aromatic amines is 1. The van der Waals surface area contributed by atoms with Crippen molar-refractivity contribution in [2.45, 2.75) is 72.6 Å². The smallest absolute Gasteiger partial charge is 0.123 e. The van der Waals surface area contributed by atoms with E-state index in [-0.39, 0.29) is 10.8 Å². The number of phenols is 1. The lowest BCUT2D eigenvalue weighted by Crippen LogP contribution is -2.18. The van der Waals surface area contributed by atoms with Gasteiger partial charge in [0, 0.05) is 11.4 Å². The molecule has 0 aliphatic heterocycles. The fourth-order valence-electron chi connectivity index (χ4n) is 3.12. The second-order valence-electron chi connectivity index (χ2n) is 8.82. The number of nitrogens with one attached hydrogen (secondary N) is 1. The van der Waals surface area contributed by atoms with Gasteiger partial charge in [-0.1, -0.05) is 53.7 Å². The van der Waals surface area contributed by atoms with Crippen molar-refractivity contribution in [1.29, 1.82) is 0 Å². The maximum Gasteiger partial charge on any atom is 0.123 e. The molecule has 0 fully saturated rings. The largest absolute Gasteiger partial charge is 0.507 e. The molecule has 0 atom stereocenters. The maximum absolute atomic E-state index is 10.8. The lowest BCUT2D eigenvalue weighted by atomic mass is 9.78. The average molecular weight is 313 g/mol. The molecule has 2 aromatic rings. The first kappa shape index (κ1) is 17.7. The Kier molecular flexibility index (Phi) is 4.40. The van der Waals surface area contributed by atoms with Gasteiger partial charge in [-0.3, -0.25) is 0 Å². The lowest BCUT2D eigenvalue weighted by Gasteiger charge is -2.28. The van der Waals surface area contributed by atoms with Crippen LogP contribution in [0.4, 0.5) is 0 Å². The Labute approximate surface area is 141 Å². The van der Waals surface area contributed by atoms with Crippen molar-refractivity contribution in [3.8, 4) is 5.75 Å². The third-order valence-corrected chi connectivity index (χ3v) is 4.44. The van der Waals surface area contributed by atoms with Gasteiger partial charge in [0.1, 0.15) is 5.75 Å². The second-order valence-corrected chi connectivity index (χ2v) is 8.82. The molecule has 0 amide bonds. The second kappa shape index (κ2) is 5.74. The Hall–Kier alpha value is -1.70. The third-order valence-electron chi connectivity index (χ3n) is 4.44. The summed E-state index contributed by atoms with van der Waals surface area (Å²) in [5, 5.41) is 10.8. The van der Waals surface area contributed by atoms with Gasteiger partial charge in [0.05, 0.1) is 0 Å². The molecule has 1 aromatic carbocycles. The molecule has 0 radical (unpaired) electrons. The molecule has 126 valence electrons. The van der Waals surface area contributed by atoms with E-state index in [0.29, 0.717) is 5.75 Å². The van der Waals surface area contributed by atoms with Gasteiger partial charge < -0.3 is 10.1 Å². The van der Waals surface area contributed by atoms with E-state index < -0.39 is 0 Å². The van der Waals surface area contributed by atoms with Gasteiger partial charge in [-0.25, -0.2) is 0 Å². The van der Waals surface area contributed by atoms with E-state index in [1.165, 1.54) is 22.5 Å². The zero-order valence-electron chi connectivity index (χ0n) is 15.9. The summed E-state index contributed by atoms with van der Waals surface area (Å²) in [5.41, 5.74) is 6.92. The number of benzene rings is 1. The number of hydrogen-bond donors (Lipinski definition) is 2. The van der Waals surface area contributed by atoms with Gasteiger partial charge in [-0.15, -0.1) is 0 Å². The summed E-state index contributed by atoms with van der Waals surface area (Å²) in [4.78, 5) is 3.38. The van der Waals surface area contributed by atoms with Crippen molar-refractivity contribution in [3.05, 3.63) is 51.8 Å². The zero-order valence-corrected chi connectivity index (χ0v) is 15.9. The zero-order chi connectivity index (χ0) is 17.6. The normalized spacial score (nSPS) is 12.7. The van der Waals surface area contributed by atoms with Crippen molar-refractivity contribution in [2.75, 3.05) is 0 Å². The number of aryl methyl sites for hydroxylation is 2. The average Bonchev–Trinajstić information content (AvgIpc) is 2.67. The quantitative estimate of drug-likeness (QED) is 0.752. The molecule has 0 unspecified atom stereocenters. The molecule has 1 aromatic heterocycles. The minimum Gasteiger partial charge on any atom is -0.507 e. The molecule has 2 heteroatoms. The molecule has 0 aliphatic carbocycles. The SMILES string of the molecule is Cc1cc(Cc2cc(C(C)(C)C)c(O)c(C(C)(C)C)c2)c(C)[nH]1. The van der Waals surface area contributed by atoms with Crippen LogP contribution in [-0.2, 0) is 17.3 Å². The van der Waals surface area contributed by atoms with Crippen LogP contribution in [0.1, 0.15) is 75.2 Å². The van der Waals surface area contributed by atoms with E-state index in [4.69, 9.17) is 0 Å². The van der Waals surface area contributed by atoms with Crippen LogP contribution in [0.3, 0.4) is 0 Å². The molecule has 0 saturated heterocycles. The molecular formula is C21H31NO. The lowest BCUT2D eigenvalue weighted by molar-refractivity contribution is 0.423. The van der Waals surface area contributed by atoms with Gasteiger partial charge >= 0.3 is 0 Å². The van der Waals surface area contributed by atoms with Gasteiger partial charge in [0.15, 0.2) is 0 Å². The van der Waals surface area contributed by atoms with Crippen molar-refractivity contribution >= 4 is 0 Å². The Morgan fingerprint density at radius 2 is 1.35 bits per heavy atom. The maximum atomic E-state index is 10.8. The molecule has 1 heterocycles. The van der Waals surface area contributed by atoms with E-state index in [1.54, 1.807) is 0 Å². The Morgan fingerprint density at radius 3 is 1.70 bits per heavy atom. The number of H-pyrrole nitrogens is 1. The van der Waals surface area contributed by atoms with Crippen LogP contribution in [0, 0.1) is 13.8 Å². The topological polar surface area (TPSA) is 36.0 Å². The molecule has 0 saturated carbocycles. The molecule has 2 rings (SSSR count). The van der Waals surface area contributed by atoms with Crippen LogP contribution in [0.2, 0.25) is 0 Å². The van der Waals surface area contributed by atoms with Gasteiger partial charge in [-0.05, 0) is 59.4 Å². The van der Waals surface area contributed by atoms with Crippen LogP contribution < -0.4 is 0 Å². The van der Waals surface area contributed by atoms with Crippen molar-refractivity contribution in [2.24, 2.45) is 0 Å². The van der Waals surface area contributed by atoms with Crippen LogP contribution in [0.5, 0.6) is 5.75 Å². The highest BCUT2D eigenvalue weighted by Crippen LogP contribution is 2.40. The minimum absolute atomic E-state index is 0.0802. The first-order chi connectivity index (χ1) is 10.4. The van der Waals surface area contributed by atoms with E-state index in [0.717, 1.165) is 17.5 Å². The van der Waals surface area contributed by atoms with E-state index in [1.807, 2.05) is 0 Å². The summed E-state index contributed by atoms with van der Waals surface area (Å²) in [7, 11) is 0. The van der Waals surface area contributed by atoms with E-state index in [9.17, 15) is 5.11 Å². The summed E-state index contributed by atoms with van der Waals surface area (Å²) in [6.07, 6.45) is 0.891. The summed E-state index contributed by atoms with van der Waals surface area (Å²) < 4.78 is 0. The number of aromatic nitrogens is 1. The van der Waals surface area contributed by atoms with Crippen molar-refractivity contribution in [1.82, 2.24) is 4.98 Å². The van der Waals surface area contributed by atoms with E-state index >= 15 is 0 Å². The third kappa shape index (κ3) is 3.80. The van der Waals surface area contributed by atoms with E-state index in [2.05, 4.69) is 78.6 Å². The predicted octanol–water partition coefficient (Wildman–Crippen LogP) is 5.52. The Balaban J connectivity index is 2.58. The monoisotopic (exact) mass is 313 g/mol. The number of phenolic OH excluding ortho intramolecular Hbond substituents is 1. The fourth-order valence-corrected chi connectivity index (χ4v) is 3.12. The molecule has 2 N–H and O–H groups in total. The summed E-state index contributed by atoms with van der Waals surface area (Å²) in [6.45, 7) is 17.2. The number of hydrogen-bond acceptors (Lipinski definition) is 1. The molecule has 23 heavy (non-hydrogen) atoms. The first-order valence-electron chi connectivity index (χ1n) is 8.41.